The van der Waals surface area contributed by atoms with Gasteiger partial charge in [-0.1, -0.05) is 78.9 Å². The molecule has 4 rings (SSSR count). The first-order chi connectivity index (χ1) is 16.2. The molecule has 0 saturated carbocycles. The third-order valence-electron chi connectivity index (χ3n) is 4.48. The van der Waals surface area contributed by atoms with Crippen molar-refractivity contribution in [3.8, 4) is 0 Å². The largest absolute Gasteiger partial charge is 0.423 e. The van der Waals surface area contributed by atoms with Crippen molar-refractivity contribution in [3.63, 3.8) is 0 Å². The number of nitrogens with zero attached hydrogens (tertiary/aromatic N) is 1. The lowest BCUT2D eigenvalue weighted by atomic mass is 10.2. The van der Waals surface area contributed by atoms with E-state index in [-0.39, 0.29) is 0 Å². The Morgan fingerprint density at radius 1 is 0.636 bits per heavy atom. The van der Waals surface area contributed by atoms with Crippen LogP contribution in [0.1, 0.15) is 11.1 Å². The van der Waals surface area contributed by atoms with Crippen LogP contribution in [0, 0.1) is 0 Å². The molecule has 3 aromatic carbocycles. The van der Waals surface area contributed by atoms with Crippen LogP contribution in [-0.2, 0) is 28.7 Å². The van der Waals surface area contributed by atoms with Crippen LogP contribution < -0.4 is 5.23 Å². The number of carbonyl (C=O) groups excluding carboxylic acids is 2. The summed E-state index contributed by atoms with van der Waals surface area (Å²) in [7, 11) is 0. The van der Waals surface area contributed by atoms with E-state index in [9.17, 15) is 9.59 Å². The fraction of sp³-hybridized carbons (Fsp3) is 0.0769. The summed E-state index contributed by atoms with van der Waals surface area (Å²) in [5, 5.41) is 1.05. The highest BCUT2D eigenvalue weighted by molar-refractivity contribution is 5.88. The van der Waals surface area contributed by atoms with E-state index in [4.69, 9.17) is 19.1 Å². The van der Waals surface area contributed by atoms with Gasteiger partial charge in [-0.25, -0.2) is 9.59 Å². The van der Waals surface area contributed by atoms with Gasteiger partial charge in [0.25, 0.3) is 12.6 Å². The number of para-hydroxylation sites is 1. The van der Waals surface area contributed by atoms with Crippen molar-refractivity contribution in [2.75, 3.05) is 5.23 Å². The van der Waals surface area contributed by atoms with Gasteiger partial charge < -0.3 is 9.47 Å². The Bertz CT molecular complexity index is 1040. The summed E-state index contributed by atoms with van der Waals surface area (Å²) < 4.78 is 10.7. The average Bonchev–Trinajstić information content (AvgIpc) is 3.25. The first kappa shape index (κ1) is 22.0. The molecule has 0 radical (unpaired) electrons. The predicted octanol–water partition coefficient (Wildman–Crippen LogP) is 4.54. The van der Waals surface area contributed by atoms with E-state index < -0.39 is 24.5 Å². The van der Waals surface area contributed by atoms with E-state index in [1.54, 1.807) is 36.4 Å². The first-order valence-electron chi connectivity index (χ1n) is 10.2. The SMILES string of the molecule is O=C(/C=C/c1ccccc1)O[C@H]1ON(c2ccccc2)O[C@@H]1OC(=O)/C=C/c1ccccc1. The maximum Gasteiger partial charge on any atom is 0.333 e. The molecule has 1 fully saturated rings. The fourth-order valence-corrected chi connectivity index (χ4v) is 2.90. The number of carbonyl (C=O) groups is 2. The highest BCUT2D eigenvalue weighted by Crippen LogP contribution is 2.27. The fourth-order valence-electron chi connectivity index (χ4n) is 2.90. The van der Waals surface area contributed by atoms with E-state index >= 15 is 0 Å². The van der Waals surface area contributed by atoms with Gasteiger partial charge in [0.15, 0.2) is 0 Å². The summed E-state index contributed by atoms with van der Waals surface area (Å²) in [6.45, 7) is 0. The summed E-state index contributed by atoms with van der Waals surface area (Å²) >= 11 is 0. The van der Waals surface area contributed by atoms with Crippen molar-refractivity contribution < 1.29 is 28.7 Å². The molecule has 7 nitrogen and oxygen atoms in total. The Morgan fingerprint density at radius 2 is 1.03 bits per heavy atom. The number of rotatable bonds is 7. The lowest BCUT2D eigenvalue weighted by molar-refractivity contribution is -0.198. The smallest absolute Gasteiger partial charge is 0.333 e. The topological polar surface area (TPSA) is 74.3 Å². The zero-order valence-corrected chi connectivity index (χ0v) is 17.5. The Labute approximate surface area is 191 Å². The minimum absolute atomic E-state index is 0.539. The molecular formula is C26H21NO6. The Kier molecular flexibility index (Phi) is 7.27. The molecule has 0 amide bonds. The van der Waals surface area contributed by atoms with E-state index in [1.807, 2.05) is 66.7 Å². The molecule has 0 unspecified atom stereocenters. The van der Waals surface area contributed by atoms with E-state index in [0.29, 0.717) is 5.69 Å². The Morgan fingerprint density at radius 3 is 1.45 bits per heavy atom. The molecule has 0 aliphatic carbocycles. The summed E-state index contributed by atoms with van der Waals surface area (Å²) in [4.78, 5) is 35.8. The standard InChI is InChI=1S/C26H21NO6/c28-23(18-16-20-10-4-1-5-11-20)30-25-26(33-27(32-25)22-14-8-3-9-15-22)31-24(29)19-17-21-12-6-2-7-13-21/h1-19,25-26H/b18-16+,19-17+/t25-,26-/m0/s1. The predicted molar refractivity (Wildman–Crippen MR) is 122 cm³/mol. The van der Waals surface area contributed by atoms with Crippen LogP contribution in [-0.4, -0.2) is 24.5 Å². The third kappa shape index (κ3) is 6.39. The second-order valence-corrected chi connectivity index (χ2v) is 6.90. The molecule has 3 aromatic rings. The number of benzene rings is 3. The molecule has 0 bridgehead atoms. The molecule has 2 atom stereocenters. The van der Waals surface area contributed by atoms with Gasteiger partial charge in [0.05, 0.1) is 5.69 Å². The summed E-state index contributed by atoms with van der Waals surface area (Å²) in [6.07, 6.45) is 3.14. The van der Waals surface area contributed by atoms with Crippen LogP contribution in [0.4, 0.5) is 5.69 Å². The average molecular weight is 443 g/mol. The lowest BCUT2D eigenvalue weighted by Crippen LogP contribution is -2.31. The van der Waals surface area contributed by atoms with Gasteiger partial charge in [-0.3, -0.25) is 0 Å². The highest BCUT2D eigenvalue weighted by Gasteiger charge is 2.41. The maximum absolute atomic E-state index is 12.3. The van der Waals surface area contributed by atoms with Gasteiger partial charge in [0.2, 0.25) is 0 Å². The van der Waals surface area contributed by atoms with Crippen molar-refractivity contribution in [1.29, 1.82) is 0 Å². The van der Waals surface area contributed by atoms with Gasteiger partial charge in [-0.15, -0.1) is 5.23 Å². The van der Waals surface area contributed by atoms with Crippen molar-refractivity contribution in [3.05, 3.63) is 114 Å². The molecule has 1 aliphatic rings. The normalized spacial score (nSPS) is 18.0. The number of esters is 2. The second kappa shape index (κ2) is 10.9. The van der Waals surface area contributed by atoms with Crippen molar-refractivity contribution in [2.24, 2.45) is 0 Å². The highest BCUT2D eigenvalue weighted by atomic mass is 17.1. The molecule has 0 spiro atoms. The maximum atomic E-state index is 12.3. The quantitative estimate of drug-likeness (QED) is 0.392. The molecule has 1 aliphatic heterocycles. The number of anilines is 1. The second-order valence-electron chi connectivity index (χ2n) is 6.90. The molecule has 166 valence electrons. The zero-order valence-electron chi connectivity index (χ0n) is 17.5. The van der Waals surface area contributed by atoms with Crippen molar-refractivity contribution >= 4 is 29.8 Å². The van der Waals surface area contributed by atoms with Gasteiger partial charge >= 0.3 is 11.9 Å². The van der Waals surface area contributed by atoms with Crippen molar-refractivity contribution in [1.82, 2.24) is 0 Å². The minimum atomic E-state index is -1.30. The molecule has 33 heavy (non-hydrogen) atoms. The molecule has 0 aromatic heterocycles. The van der Waals surface area contributed by atoms with Crippen LogP contribution in [0.3, 0.4) is 0 Å². The molecule has 7 heteroatoms. The molecule has 1 heterocycles. The van der Waals surface area contributed by atoms with E-state index in [1.165, 1.54) is 12.2 Å². The number of hydrogen-bond donors (Lipinski definition) is 0. The van der Waals surface area contributed by atoms with Gasteiger partial charge in [-0.05, 0) is 35.4 Å². The van der Waals surface area contributed by atoms with Gasteiger partial charge in [0.1, 0.15) is 0 Å². The summed E-state index contributed by atoms with van der Waals surface area (Å²) in [6, 6.07) is 27.4. The molecular weight excluding hydrogens is 422 g/mol. The monoisotopic (exact) mass is 443 g/mol. The van der Waals surface area contributed by atoms with Crippen molar-refractivity contribution in [2.45, 2.75) is 12.6 Å². The van der Waals surface area contributed by atoms with Gasteiger partial charge in [-0.2, -0.15) is 9.68 Å². The van der Waals surface area contributed by atoms with Crippen LogP contribution in [0.25, 0.3) is 12.2 Å². The van der Waals surface area contributed by atoms with Gasteiger partial charge in [0, 0.05) is 12.2 Å². The van der Waals surface area contributed by atoms with E-state index in [0.717, 1.165) is 16.4 Å². The zero-order chi connectivity index (χ0) is 22.9. The number of ether oxygens (including phenoxy) is 2. The molecule has 0 N–H and O–H groups in total. The van der Waals surface area contributed by atoms with Crippen LogP contribution in [0.15, 0.2) is 103 Å². The minimum Gasteiger partial charge on any atom is -0.423 e. The number of hydrogen-bond acceptors (Lipinski definition) is 7. The van der Waals surface area contributed by atoms with Crippen LogP contribution in [0.5, 0.6) is 0 Å². The van der Waals surface area contributed by atoms with Crippen LogP contribution >= 0.6 is 0 Å². The Balaban J connectivity index is 1.43. The summed E-state index contributed by atoms with van der Waals surface area (Å²) in [5.74, 6) is -1.36. The first-order valence-corrected chi connectivity index (χ1v) is 10.2. The van der Waals surface area contributed by atoms with Crippen LogP contribution in [0.2, 0.25) is 0 Å². The van der Waals surface area contributed by atoms with E-state index in [2.05, 4.69) is 0 Å². The Hall–Kier alpha value is -4.20. The third-order valence-corrected chi connectivity index (χ3v) is 4.48. The summed E-state index contributed by atoms with van der Waals surface area (Å²) in [5.41, 5.74) is 2.20. The molecule has 1 saturated heterocycles. The lowest BCUT2D eigenvalue weighted by Gasteiger charge is -2.13.